The molecule has 0 saturated carbocycles. The van der Waals surface area contributed by atoms with E-state index in [0.717, 1.165) is 4.47 Å². The molecular formula is C12H13BrN2O. The van der Waals surface area contributed by atoms with Crippen molar-refractivity contribution in [2.45, 2.75) is 6.92 Å². The lowest BCUT2D eigenvalue weighted by molar-refractivity contribution is 0.0785. The summed E-state index contributed by atoms with van der Waals surface area (Å²) < 4.78 is 0.785. The van der Waals surface area contributed by atoms with Crippen LogP contribution in [0.4, 0.5) is 5.69 Å². The van der Waals surface area contributed by atoms with Gasteiger partial charge in [0, 0.05) is 22.3 Å². The van der Waals surface area contributed by atoms with Gasteiger partial charge in [-0.05, 0) is 25.1 Å². The molecule has 0 radical (unpaired) electrons. The predicted molar refractivity (Wildman–Crippen MR) is 69.0 cm³/mol. The summed E-state index contributed by atoms with van der Waals surface area (Å²) in [5.74, 6) is 2.36. The van der Waals surface area contributed by atoms with E-state index in [1.807, 2.05) is 6.92 Å². The molecule has 3 nitrogen and oxygen atoms in total. The zero-order valence-corrected chi connectivity index (χ0v) is 10.6. The number of rotatable bonds is 3. The minimum atomic E-state index is -0.103. The van der Waals surface area contributed by atoms with Crippen molar-refractivity contribution in [1.29, 1.82) is 0 Å². The quantitative estimate of drug-likeness (QED) is 0.681. The molecule has 1 amide bonds. The van der Waals surface area contributed by atoms with Crippen LogP contribution in [0.15, 0.2) is 22.7 Å². The Kier molecular flexibility index (Phi) is 4.39. The van der Waals surface area contributed by atoms with Crippen molar-refractivity contribution in [3.63, 3.8) is 0 Å². The number of nitrogen functional groups attached to an aromatic ring is 1. The highest BCUT2D eigenvalue weighted by molar-refractivity contribution is 9.10. The fourth-order valence-corrected chi connectivity index (χ4v) is 1.87. The average Bonchev–Trinajstić information content (AvgIpc) is 2.23. The van der Waals surface area contributed by atoms with Crippen molar-refractivity contribution in [3.8, 4) is 12.3 Å². The second-order valence-corrected chi connectivity index (χ2v) is 4.21. The van der Waals surface area contributed by atoms with Crippen LogP contribution in [0.3, 0.4) is 0 Å². The third kappa shape index (κ3) is 3.01. The van der Waals surface area contributed by atoms with Gasteiger partial charge in [0.05, 0.1) is 6.54 Å². The summed E-state index contributed by atoms with van der Waals surface area (Å²) in [6.45, 7) is 2.77. The highest BCUT2D eigenvalue weighted by Gasteiger charge is 2.13. The van der Waals surface area contributed by atoms with Crippen LogP contribution < -0.4 is 5.73 Å². The molecular weight excluding hydrogens is 268 g/mol. The minimum Gasteiger partial charge on any atom is -0.399 e. The van der Waals surface area contributed by atoms with Gasteiger partial charge in [0.15, 0.2) is 0 Å². The van der Waals surface area contributed by atoms with Crippen molar-refractivity contribution in [1.82, 2.24) is 4.90 Å². The van der Waals surface area contributed by atoms with Gasteiger partial charge < -0.3 is 10.6 Å². The van der Waals surface area contributed by atoms with Crippen LogP contribution in [0, 0.1) is 12.3 Å². The number of carbonyl (C=O) groups is 1. The molecule has 0 unspecified atom stereocenters. The molecule has 0 spiro atoms. The number of benzene rings is 1. The maximum atomic E-state index is 12.0. The topological polar surface area (TPSA) is 46.3 Å². The third-order valence-corrected chi connectivity index (χ3v) is 2.58. The number of nitrogens with zero attached hydrogens (tertiary/aromatic N) is 1. The molecule has 0 heterocycles. The third-order valence-electron chi connectivity index (χ3n) is 2.12. The molecule has 1 rings (SSSR count). The molecule has 0 saturated heterocycles. The van der Waals surface area contributed by atoms with Gasteiger partial charge in [-0.3, -0.25) is 4.79 Å². The maximum Gasteiger partial charge on any atom is 0.254 e. The SMILES string of the molecule is C#CCN(CC)C(=O)c1cc(N)cc(Br)c1. The number of amides is 1. The lowest BCUT2D eigenvalue weighted by Crippen LogP contribution is -2.31. The standard InChI is InChI=1S/C12H13BrN2O/c1-3-5-15(4-2)12(16)9-6-10(13)8-11(14)7-9/h1,6-8H,4-5,14H2,2H3. The summed E-state index contributed by atoms with van der Waals surface area (Å²) in [6, 6.07) is 5.12. The molecule has 0 aliphatic rings. The first-order valence-electron chi connectivity index (χ1n) is 4.87. The van der Waals surface area contributed by atoms with Gasteiger partial charge >= 0.3 is 0 Å². The first kappa shape index (κ1) is 12.6. The number of hydrogen-bond acceptors (Lipinski definition) is 2. The number of carbonyl (C=O) groups excluding carboxylic acids is 1. The number of terminal acetylenes is 1. The molecule has 0 fully saturated rings. The molecule has 4 heteroatoms. The second kappa shape index (κ2) is 5.57. The Hall–Kier alpha value is -1.47. The van der Waals surface area contributed by atoms with Crippen LogP contribution in [-0.4, -0.2) is 23.9 Å². The fraction of sp³-hybridized carbons (Fsp3) is 0.250. The van der Waals surface area contributed by atoms with Crippen molar-refractivity contribution < 1.29 is 4.79 Å². The minimum absolute atomic E-state index is 0.103. The second-order valence-electron chi connectivity index (χ2n) is 3.30. The molecule has 0 aromatic heterocycles. The van der Waals surface area contributed by atoms with E-state index >= 15 is 0 Å². The van der Waals surface area contributed by atoms with Gasteiger partial charge in [0.2, 0.25) is 0 Å². The van der Waals surface area contributed by atoms with Gasteiger partial charge in [0.25, 0.3) is 5.91 Å². The summed E-state index contributed by atoms with van der Waals surface area (Å²) in [5.41, 5.74) is 6.77. The molecule has 2 N–H and O–H groups in total. The van der Waals surface area contributed by atoms with Gasteiger partial charge in [0.1, 0.15) is 0 Å². The van der Waals surface area contributed by atoms with Crippen molar-refractivity contribution in [2.75, 3.05) is 18.8 Å². The Balaban J connectivity index is 2.99. The fourth-order valence-electron chi connectivity index (χ4n) is 1.36. The van der Waals surface area contributed by atoms with Crippen LogP contribution in [0.5, 0.6) is 0 Å². The normalized spacial score (nSPS) is 9.56. The first-order valence-corrected chi connectivity index (χ1v) is 5.66. The summed E-state index contributed by atoms with van der Waals surface area (Å²) in [4.78, 5) is 13.6. The summed E-state index contributed by atoms with van der Waals surface area (Å²) in [6.07, 6.45) is 5.20. The largest absolute Gasteiger partial charge is 0.399 e. The highest BCUT2D eigenvalue weighted by Crippen LogP contribution is 2.18. The number of anilines is 1. The smallest absolute Gasteiger partial charge is 0.254 e. The Morgan fingerprint density at radius 2 is 2.25 bits per heavy atom. The Bertz CT molecular complexity index is 417. The van der Waals surface area contributed by atoms with Crippen molar-refractivity contribution >= 4 is 27.5 Å². The molecule has 0 bridgehead atoms. The van der Waals surface area contributed by atoms with Crippen LogP contribution in [0.25, 0.3) is 0 Å². The molecule has 0 aliphatic heterocycles. The van der Waals surface area contributed by atoms with Crippen LogP contribution in [0.2, 0.25) is 0 Å². The summed E-state index contributed by atoms with van der Waals surface area (Å²) in [5, 5.41) is 0. The molecule has 84 valence electrons. The van der Waals surface area contributed by atoms with Crippen LogP contribution in [0.1, 0.15) is 17.3 Å². The number of nitrogens with two attached hydrogens (primary N) is 1. The van der Waals surface area contributed by atoms with Gasteiger partial charge in [-0.25, -0.2) is 0 Å². The predicted octanol–water partition coefficient (Wildman–Crippen LogP) is 2.13. The van der Waals surface area contributed by atoms with E-state index in [0.29, 0.717) is 24.3 Å². The van der Waals surface area contributed by atoms with Crippen molar-refractivity contribution in [3.05, 3.63) is 28.2 Å². The summed E-state index contributed by atoms with van der Waals surface area (Å²) >= 11 is 3.30. The van der Waals surface area contributed by atoms with Crippen molar-refractivity contribution in [2.24, 2.45) is 0 Å². The van der Waals surface area contributed by atoms with E-state index in [1.54, 1.807) is 23.1 Å². The summed E-state index contributed by atoms with van der Waals surface area (Å²) in [7, 11) is 0. The molecule has 1 aromatic carbocycles. The van der Waals surface area contributed by atoms with E-state index < -0.39 is 0 Å². The average molecular weight is 281 g/mol. The van der Waals surface area contributed by atoms with E-state index in [4.69, 9.17) is 12.2 Å². The Labute approximate surface area is 104 Å². The maximum absolute atomic E-state index is 12.0. The Morgan fingerprint density at radius 3 is 2.75 bits per heavy atom. The first-order chi connectivity index (χ1) is 7.58. The van der Waals surface area contributed by atoms with Crippen LogP contribution in [-0.2, 0) is 0 Å². The lowest BCUT2D eigenvalue weighted by atomic mass is 10.2. The molecule has 0 atom stereocenters. The van der Waals surface area contributed by atoms with Gasteiger partial charge in [-0.1, -0.05) is 21.9 Å². The number of halogens is 1. The molecule has 1 aromatic rings. The highest BCUT2D eigenvalue weighted by atomic mass is 79.9. The number of hydrogen-bond donors (Lipinski definition) is 1. The van der Waals surface area contributed by atoms with E-state index in [-0.39, 0.29) is 5.91 Å². The van der Waals surface area contributed by atoms with Gasteiger partial charge in [-0.15, -0.1) is 6.42 Å². The Morgan fingerprint density at radius 1 is 1.56 bits per heavy atom. The van der Waals surface area contributed by atoms with E-state index in [2.05, 4.69) is 21.9 Å². The molecule has 16 heavy (non-hydrogen) atoms. The lowest BCUT2D eigenvalue weighted by Gasteiger charge is -2.18. The monoisotopic (exact) mass is 280 g/mol. The van der Waals surface area contributed by atoms with Crippen LogP contribution >= 0.6 is 15.9 Å². The van der Waals surface area contributed by atoms with E-state index in [1.165, 1.54) is 0 Å². The zero-order valence-electron chi connectivity index (χ0n) is 9.03. The zero-order chi connectivity index (χ0) is 12.1. The van der Waals surface area contributed by atoms with E-state index in [9.17, 15) is 4.79 Å². The van der Waals surface area contributed by atoms with Gasteiger partial charge in [-0.2, -0.15) is 0 Å². The molecule has 0 aliphatic carbocycles.